The molecule has 0 aliphatic carbocycles. The zero-order chi connectivity index (χ0) is 23.0. The Morgan fingerprint density at radius 3 is 2.62 bits per heavy atom. The summed E-state index contributed by atoms with van der Waals surface area (Å²) >= 11 is 0. The number of nitrogen functional groups attached to an aromatic ring is 1. The highest BCUT2D eigenvalue weighted by Crippen LogP contribution is 2.38. The van der Waals surface area contributed by atoms with Gasteiger partial charge in [-0.1, -0.05) is 12.1 Å². The van der Waals surface area contributed by atoms with Gasteiger partial charge in [-0.2, -0.15) is 5.26 Å². The van der Waals surface area contributed by atoms with Gasteiger partial charge < -0.3 is 11.1 Å². The number of rotatable bonds is 4. The molecule has 0 fully saturated rings. The van der Waals surface area contributed by atoms with Gasteiger partial charge in [0.05, 0.1) is 22.3 Å². The summed E-state index contributed by atoms with van der Waals surface area (Å²) < 4.78 is 55.7. The van der Waals surface area contributed by atoms with Crippen LogP contribution in [-0.2, 0) is 10.0 Å². The van der Waals surface area contributed by atoms with Crippen molar-refractivity contribution in [2.45, 2.75) is 17.9 Å². The van der Waals surface area contributed by atoms with Gasteiger partial charge in [-0.3, -0.25) is 0 Å². The molecule has 0 spiro atoms. The molecule has 0 amide bonds. The Labute approximate surface area is 182 Å². The third kappa shape index (κ3) is 3.61. The number of hydrogen-bond donors (Lipinski definition) is 2. The summed E-state index contributed by atoms with van der Waals surface area (Å²) in [7, 11) is -4.29. The first-order chi connectivity index (χ1) is 15.2. The summed E-state index contributed by atoms with van der Waals surface area (Å²) in [6, 6.07) is 9.62. The maximum Gasteiger partial charge on any atom is 0.269 e. The summed E-state index contributed by atoms with van der Waals surface area (Å²) in [5, 5.41) is 12.3. The quantitative estimate of drug-likeness (QED) is 0.620. The smallest absolute Gasteiger partial charge is 0.269 e. The number of nitrogens with one attached hydrogen (secondary N) is 1. The van der Waals surface area contributed by atoms with Crippen LogP contribution in [-0.4, -0.2) is 24.4 Å². The number of nitriles is 1. The largest absolute Gasteiger partial charge is 0.382 e. The molecule has 0 saturated heterocycles. The fourth-order valence-electron chi connectivity index (χ4n) is 3.39. The zero-order valence-electron chi connectivity index (χ0n) is 16.6. The molecule has 1 unspecified atom stereocenters. The molecule has 1 aromatic heterocycles. The Balaban J connectivity index is 1.88. The van der Waals surface area contributed by atoms with Crippen molar-refractivity contribution in [2.24, 2.45) is 0 Å². The van der Waals surface area contributed by atoms with Gasteiger partial charge >= 0.3 is 0 Å². The van der Waals surface area contributed by atoms with Crippen molar-refractivity contribution in [1.29, 1.82) is 5.26 Å². The molecule has 1 aliphatic heterocycles. The van der Waals surface area contributed by atoms with E-state index in [2.05, 4.69) is 15.3 Å². The topological polar surface area (TPSA) is 125 Å². The second-order valence-corrected chi connectivity index (χ2v) is 8.72. The second-order valence-electron chi connectivity index (χ2n) is 6.96. The maximum absolute atomic E-state index is 14.0. The van der Waals surface area contributed by atoms with Crippen LogP contribution in [0.1, 0.15) is 18.1 Å². The van der Waals surface area contributed by atoms with Crippen LogP contribution in [0.25, 0.3) is 6.08 Å². The summed E-state index contributed by atoms with van der Waals surface area (Å²) in [4.78, 5) is 7.54. The monoisotopic (exact) mass is 454 g/mol. The van der Waals surface area contributed by atoms with Crippen molar-refractivity contribution < 1.29 is 17.2 Å². The number of sulfonamides is 1. The van der Waals surface area contributed by atoms with E-state index in [4.69, 9.17) is 5.73 Å². The van der Waals surface area contributed by atoms with Crippen LogP contribution >= 0.6 is 0 Å². The number of fused-ring (bicyclic) bond motifs is 1. The van der Waals surface area contributed by atoms with Gasteiger partial charge in [-0.05, 0) is 48.9 Å². The highest BCUT2D eigenvalue weighted by Gasteiger charge is 2.36. The third-order valence-corrected chi connectivity index (χ3v) is 6.67. The number of benzene rings is 2. The van der Waals surface area contributed by atoms with Gasteiger partial charge in [-0.25, -0.2) is 31.5 Å². The van der Waals surface area contributed by atoms with E-state index in [-0.39, 0.29) is 39.0 Å². The van der Waals surface area contributed by atoms with E-state index in [1.807, 2.05) is 6.07 Å². The van der Waals surface area contributed by atoms with Gasteiger partial charge in [-0.15, -0.1) is 0 Å². The van der Waals surface area contributed by atoms with Gasteiger partial charge in [0.1, 0.15) is 41.2 Å². The molecule has 2 heterocycles. The first kappa shape index (κ1) is 21.2. The number of anilines is 3. The fourth-order valence-corrected chi connectivity index (χ4v) is 5.16. The minimum atomic E-state index is -4.29. The van der Waals surface area contributed by atoms with Crippen LogP contribution in [0.2, 0.25) is 0 Å². The Hall–Kier alpha value is -4.04. The molecule has 1 atom stereocenters. The Bertz CT molecular complexity index is 1400. The average Bonchev–Trinajstić information content (AvgIpc) is 2.74. The average molecular weight is 454 g/mol. The summed E-state index contributed by atoms with van der Waals surface area (Å²) in [5.41, 5.74) is 6.23. The van der Waals surface area contributed by atoms with Crippen LogP contribution in [0.15, 0.2) is 59.4 Å². The highest BCUT2D eigenvalue weighted by atomic mass is 32.2. The first-order valence-corrected chi connectivity index (χ1v) is 10.8. The minimum Gasteiger partial charge on any atom is -0.382 e. The molecule has 0 bridgehead atoms. The summed E-state index contributed by atoms with van der Waals surface area (Å²) in [6.07, 6.45) is 2.72. The number of nitrogens with zero attached hydrogens (tertiary/aromatic N) is 4. The normalized spacial score (nSPS) is 15.3. The lowest BCUT2D eigenvalue weighted by atomic mass is 10.1. The molecular weight excluding hydrogens is 438 g/mol. The third-order valence-electron chi connectivity index (χ3n) is 4.86. The lowest BCUT2D eigenvalue weighted by Crippen LogP contribution is -2.40. The van der Waals surface area contributed by atoms with Crippen molar-refractivity contribution >= 4 is 33.4 Å². The summed E-state index contributed by atoms with van der Waals surface area (Å²) in [5.74, 6) is -1.29. The molecule has 1 aliphatic rings. The predicted molar refractivity (Wildman–Crippen MR) is 115 cm³/mol. The van der Waals surface area contributed by atoms with Gasteiger partial charge in [0.25, 0.3) is 10.0 Å². The van der Waals surface area contributed by atoms with E-state index in [1.54, 1.807) is 13.0 Å². The molecule has 0 saturated carbocycles. The minimum absolute atomic E-state index is 0.00149. The molecular formula is C21H16F2N6O2S. The van der Waals surface area contributed by atoms with Crippen molar-refractivity contribution in [3.8, 4) is 6.07 Å². The van der Waals surface area contributed by atoms with E-state index in [9.17, 15) is 22.5 Å². The van der Waals surface area contributed by atoms with Crippen molar-refractivity contribution in [1.82, 2.24) is 9.97 Å². The van der Waals surface area contributed by atoms with E-state index in [1.165, 1.54) is 30.6 Å². The Morgan fingerprint density at radius 2 is 1.91 bits per heavy atom. The zero-order valence-corrected chi connectivity index (χ0v) is 17.4. The summed E-state index contributed by atoms with van der Waals surface area (Å²) in [6.45, 7) is 1.64. The van der Waals surface area contributed by atoms with Crippen LogP contribution in [0.3, 0.4) is 0 Å². The van der Waals surface area contributed by atoms with Crippen molar-refractivity contribution in [2.75, 3.05) is 15.4 Å². The number of halogens is 2. The molecule has 162 valence electrons. The lowest BCUT2D eigenvalue weighted by molar-refractivity contribution is 0.586. The standard InChI is InChI=1S/C21H16F2N6O2S/c1-12(28-21-17(10-24)20(25)26-11-27-21)18-7-13-5-6-15(23)9-19(13)32(30,31)29(18)16-4-2-3-14(22)8-16/h2-9,11-12H,1H3,(H3,25,26,27,28). The SMILES string of the molecule is CC(Nc1ncnc(N)c1C#N)C1=Cc2ccc(F)cc2S(=O)(=O)N1c1cccc(F)c1. The first-order valence-electron chi connectivity index (χ1n) is 9.31. The Kier molecular flexibility index (Phi) is 5.23. The van der Waals surface area contributed by atoms with Crippen molar-refractivity contribution in [3.63, 3.8) is 0 Å². The Morgan fingerprint density at radius 1 is 1.16 bits per heavy atom. The van der Waals surface area contributed by atoms with E-state index < -0.39 is 27.7 Å². The van der Waals surface area contributed by atoms with Crippen LogP contribution in [0, 0.1) is 23.0 Å². The molecule has 0 radical (unpaired) electrons. The molecule has 8 nitrogen and oxygen atoms in total. The van der Waals surface area contributed by atoms with Crippen LogP contribution in [0.5, 0.6) is 0 Å². The number of hydrogen-bond acceptors (Lipinski definition) is 7. The van der Waals surface area contributed by atoms with Crippen molar-refractivity contribution in [3.05, 3.63) is 77.3 Å². The fraction of sp³-hybridized carbons (Fsp3) is 0.0952. The molecule has 4 rings (SSSR count). The van der Waals surface area contributed by atoms with Crippen LogP contribution < -0.4 is 15.4 Å². The van der Waals surface area contributed by atoms with Gasteiger partial charge in [0.15, 0.2) is 0 Å². The lowest BCUT2D eigenvalue weighted by Gasteiger charge is -2.34. The van der Waals surface area contributed by atoms with Crippen LogP contribution in [0.4, 0.5) is 26.1 Å². The molecule has 11 heteroatoms. The molecule has 2 aromatic carbocycles. The van der Waals surface area contributed by atoms with E-state index in [0.29, 0.717) is 0 Å². The van der Waals surface area contributed by atoms with Gasteiger partial charge in [0.2, 0.25) is 0 Å². The molecule has 3 N–H and O–H groups in total. The maximum atomic E-state index is 14.0. The predicted octanol–water partition coefficient (Wildman–Crippen LogP) is 3.26. The molecule has 32 heavy (non-hydrogen) atoms. The number of aromatic nitrogens is 2. The van der Waals surface area contributed by atoms with Gasteiger partial charge in [0, 0.05) is 0 Å². The highest BCUT2D eigenvalue weighted by molar-refractivity contribution is 7.93. The molecule has 3 aromatic rings. The number of nitrogens with two attached hydrogens (primary N) is 1. The van der Waals surface area contributed by atoms with E-state index >= 15 is 0 Å². The second kappa shape index (κ2) is 7.90. The van der Waals surface area contributed by atoms with E-state index in [0.717, 1.165) is 22.5 Å².